The number of rotatable bonds is 3. The highest BCUT2D eigenvalue weighted by atomic mass is 19.1. The molecule has 132 valence electrons. The van der Waals surface area contributed by atoms with Crippen LogP contribution >= 0.6 is 0 Å². The number of benzene rings is 1. The minimum atomic E-state index is -0.489. The Bertz CT molecular complexity index is 905. The fourth-order valence-corrected chi connectivity index (χ4v) is 3.13. The van der Waals surface area contributed by atoms with E-state index in [2.05, 4.69) is 15.2 Å². The number of carbonyl (C=O) groups is 1. The topological polar surface area (TPSA) is 72.1 Å². The summed E-state index contributed by atoms with van der Waals surface area (Å²) >= 11 is 0. The molecule has 26 heavy (non-hydrogen) atoms. The Labute approximate surface area is 149 Å². The van der Waals surface area contributed by atoms with E-state index >= 15 is 0 Å². The van der Waals surface area contributed by atoms with Crippen LogP contribution in [0.5, 0.6) is 0 Å². The average molecular weight is 352 g/mol. The smallest absolute Gasteiger partial charge is 0.266 e. The van der Waals surface area contributed by atoms with Crippen molar-refractivity contribution in [3.8, 4) is 11.6 Å². The number of nitrogens with zero attached hydrogens (tertiary/aromatic N) is 4. The van der Waals surface area contributed by atoms with Gasteiger partial charge in [0.15, 0.2) is 0 Å². The van der Waals surface area contributed by atoms with E-state index in [4.69, 9.17) is 4.42 Å². The van der Waals surface area contributed by atoms with E-state index in [1.165, 1.54) is 12.1 Å². The van der Waals surface area contributed by atoms with Crippen molar-refractivity contribution in [2.24, 2.45) is 0 Å². The van der Waals surface area contributed by atoms with Gasteiger partial charge in [0.1, 0.15) is 11.5 Å². The Morgan fingerprint density at radius 3 is 2.58 bits per heavy atom. The molecule has 0 saturated carbocycles. The van der Waals surface area contributed by atoms with Gasteiger partial charge in [-0.2, -0.15) is 0 Å². The van der Waals surface area contributed by atoms with Crippen LogP contribution in [-0.4, -0.2) is 39.1 Å². The normalized spacial score (nSPS) is 15.2. The summed E-state index contributed by atoms with van der Waals surface area (Å²) in [6, 6.07) is 11.6. The fraction of sp³-hybridized carbons (Fsp3) is 0.263. The SMILES string of the molecule is O=C(c1ccccc1F)N1CCC(c2nnc(-c3ccccn3)o2)CC1. The molecule has 0 unspecified atom stereocenters. The minimum absolute atomic E-state index is 0.0876. The van der Waals surface area contributed by atoms with Crippen LogP contribution in [0.4, 0.5) is 4.39 Å². The van der Waals surface area contributed by atoms with Gasteiger partial charge in [0.05, 0.1) is 5.56 Å². The van der Waals surface area contributed by atoms with E-state index in [-0.39, 0.29) is 17.4 Å². The Hall–Kier alpha value is -3.09. The van der Waals surface area contributed by atoms with Crippen molar-refractivity contribution in [3.05, 3.63) is 65.9 Å². The van der Waals surface area contributed by atoms with Gasteiger partial charge in [-0.1, -0.05) is 18.2 Å². The predicted octanol–water partition coefficient (Wildman–Crippen LogP) is 3.29. The molecular formula is C19H17FN4O2. The van der Waals surface area contributed by atoms with Crippen molar-refractivity contribution >= 4 is 5.91 Å². The molecule has 0 spiro atoms. The Morgan fingerprint density at radius 2 is 1.85 bits per heavy atom. The summed E-state index contributed by atoms with van der Waals surface area (Å²) in [7, 11) is 0. The number of halogens is 1. The number of hydrogen-bond donors (Lipinski definition) is 0. The van der Waals surface area contributed by atoms with Crippen molar-refractivity contribution in [2.75, 3.05) is 13.1 Å². The van der Waals surface area contributed by atoms with Gasteiger partial charge >= 0.3 is 0 Å². The zero-order chi connectivity index (χ0) is 17.9. The van der Waals surface area contributed by atoms with Crippen LogP contribution in [0, 0.1) is 5.82 Å². The van der Waals surface area contributed by atoms with Gasteiger partial charge in [0.25, 0.3) is 11.8 Å². The number of likely N-dealkylation sites (tertiary alicyclic amines) is 1. The summed E-state index contributed by atoms with van der Waals surface area (Å²) in [5.41, 5.74) is 0.750. The first-order valence-electron chi connectivity index (χ1n) is 8.51. The van der Waals surface area contributed by atoms with Crippen LogP contribution in [-0.2, 0) is 0 Å². The van der Waals surface area contributed by atoms with Crippen molar-refractivity contribution in [3.63, 3.8) is 0 Å². The standard InChI is InChI=1S/C19H17FN4O2/c20-15-6-2-1-5-14(15)19(25)24-11-8-13(9-12-24)17-22-23-18(26-17)16-7-3-4-10-21-16/h1-7,10,13H,8-9,11-12H2. The largest absolute Gasteiger partial charge is 0.419 e. The molecule has 0 bridgehead atoms. The van der Waals surface area contributed by atoms with E-state index < -0.39 is 5.82 Å². The van der Waals surface area contributed by atoms with Gasteiger partial charge in [-0.15, -0.1) is 10.2 Å². The molecule has 3 heterocycles. The van der Waals surface area contributed by atoms with Crippen LogP contribution in [0.3, 0.4) is 0 Å². The first kappa shape index (κ1) is 16.4. The molecule has 1 fully saturated rings. The quantitative estimate of drug-likeness (QED) is 0.723. The molecule has 0 radical (unpaired) electrons. The molecule has 1 amide bonds. The van der Waals surface area contributed by atoms with Crippen LogP contribution < -0.4 is 0 Å². The number of aromatic nitrogens is 3. The summed E-state index contributed by atoms with van der Waals surface area (Å²) in [6.45, 7) is 1.05. The summed E-state index contributed by atoms with van der Waals surface area (Å²) < 4.78 is 19.6. The molecule has 1 saturated heterocycles. The molecule has 1 aliphatic heterocycles. The van der Waals surface area contributed by atoms with Crippen molar-refractivity contribution in [1.82, 2.24) is 20.1 Å². The second-order valence-electron chi connectivity index (χ2n) is 6.21. The van der Waals surface area contributed by atoms with Crippen molar-refractivity contribution in [2.45, 2.75) is 18.8 Å². The van der Waals surface area contributed by atoms with Crippen LogP contribution in [0.25, 0.3) is 11.6 Å². The zero-order valence-electron chi connectivity index (χ0n) is 14.0. The molecule has 1 aliphatic rings. The monoisotopic (exact) mass is 352 g/mol. The maximum Gasteiger partial charge on any atom is 0.266 e. The maximum absolute atomic E-state index is 13.8. The highest BCUT2D eigenvalue weighted by Gasteiger charge is 2.29. The number of pyridine rings is 1. The number of carbonyl (C=O) groups excluding carboxylic acids is 1. The fourth-order valence-electron chi connectivity index (χ4n) is 3.13. The van der Waals surface area contributed by atoms with Crippen molar-refractivity contribution in [1.29, 1.82) is 0 Å². The minimum Gasteiger partial charge on any atom is -0.419 e. The van der Waals surface area contributed by atoms with Gasteiger partial charge < -0.3 is 9.32 Å². The number of piperidine rings is 1. The van der Waals surface area contributed by atoms with Crippen LogP contribution in [0.1, 0.15) is 35.0 Å². The highest BCUT2D eigenvalue weighted by Crippen LogP contribution is 2.29. The molecule has 3 aromatic rings. The zero-order valence-corrected chi connectivity index (χ0v) is 14.0. The summed E-state index contributed by atoms with van der Waals surface area (Å²) in [6.07, 6.45) is 3.07. The Balaban J connectivity index is 1.42. The van der Waals surface area contributed by atoms with E-state index in [0.717, 1.165) is 0 Å². The molecule has 0 N–H and O–H groups in total. The third-order valence-corrected chi connectivity index (χ3v) is 4.56. The summed E-state index contributed by atoms with van der Waals surface area (Å²) in [5, 5.41) is 8.20. The lowest BCUT2D eigenvalue weighted by Crippen LogP contribution is -2.38. The Kier molecular flexibility index (Phi) is 4.43. The van der Waals surface area contributed by atoms with Crippen molar-refractivity contribution < 1.29 is 13.6 Å². The lowest BCUT2D eigenvalue weighted by molar-refractivity contribution is 0.0701. The predicted molar refractivity (Wildman–Crippen MR) is 91.8 cm³/mol. The van der Waals surface area contributed by atoms with E-state index in [0.29, 0.717) is 43.4 Å². The second kappa shape index (κ2) is 7.03. The third kappa shape index (κ3) is 3.20. The summed E-state index contributed by atoms with van der Waals surface area (Å²) in [4.78, 5) is 18.4. The van der Waals surface area contributed by atoms with Gasteiger partial charge in [-0.25, -0.2) is 4.39 Å². The van der Waals surface area contributed by atoms with Gasteiger partial charge in [-0.3, -0.25) is 9.78 Å². The maximum atomic E-state index is 13.8. The first-order chi connectivity index (χ1) is 12.7. The highest BCUT2D eigenvalue weighted by molar-refractivity contribution is 5.94. The first-order valence-corrected chi connectivity index (χ1v) is 8.51. The number of amides is 1. The average Bonchev–Trinajstić information content (AvgIpc) is 3.19. The summed E-state index contributed by atoms with van der Waals surface area (Å²) in [5.74, 6) is 0.275. The van der Waals surface area contributed by atoms with Crippen LogP contribution in [0.2, 0.25) is 0 Å². The third-order valence-electron chi connectivity index (χ3n) is 4.56. The van der Waals surface area contributed by atoms with Gasteiger partial charge in [0.2, 0.25) is 5.89 Å². The molecule has 2 aromatic heterocycles. The molecule has 0 atom stereocenters. The lowest BCUT2D eigenvalue weighted by atomic mass is 9.96. The molecule has 1 aromatic carbocycles. The number of hydrogen-bond acceptors (Lipinski definition) is 5. The van der Waals surface area contributed by atoms with Gasteiger partial charge in [-0.05, 0) is 37.1 Å². The molecule has 4 rings (SSSR count). The molecule has 7 heteroatoms. The van der Waals surface area contributed by atoms with E-state index in [1.807, 2.05) is 18.2 Å². The van der Waals surface area contributed by atoms with E-state index in [9.17, 15) is 9.18 Å². The molecule has 6 nitrogen and oxygen atoms in total. The molecule has 0 aliphatic carbocycles. The second-order valence-corrected chi connectivity index (χ2v) is 6.21. The van der Waals surface area contributed by atoms with E-state index in [1.54, 1.807) is 23.2 Å². The van der Waals surface area contributed by atoms with Gasteiger partial charge in [0, 0.05) is 25.2 Å². The van der Waals surface area contributed by atoms with Crippen LogP contribution in [0.15, 0.2) is 53.1 Å². The molecular weight excluding hydrogens is 335 g/mol. The Morgan fingerprint density at radius 1 is 1.08 bits per heavy atom. The lowest BCUT2D eigenvalue weighted by Gasteiger charge is -2.30.